The van der Waals surface area contributed by atoms with Crippen LogP contribution in [0.2, 0.25) is 0 Å². The molecule has 28 heteroatoms. The molecule has 0 radical (unpaired) electrons. The van der Waals surface area contributed by atoms with Gasteiger partial charge in [-0.05, 0) is 32.1 Å². The number of carbonyl (C=O) groups is 3. The molecule has 1 aliphatic heterocycles. The van der Waals surface area contributed by atoms with Crippen molar-refractivity contribution in [3.05, 3.63) is 37.0 Å². The lowest BCUT2D eigenvalue weighted by atomic mass is 9.87. The predicted molar refractivity (Wildman–Crippen MR) is 219 cm³/mol. The summed E-state index contributed by atoms with van der Waals surface area (Å²) in [6.07, 6.45) is 8.39. The Kier molecular flexibility index (Phi) is 22.1. The molecule has 2 amide bonds. The van der Waals surface area contributed by atoms with E-state index in [2.05, 4.69) is 74.7 Å². The molecule has 1 saturated heterocycles. The lowest BCUT2D eigenvalue weighted by Gasteiger charge is -2.36. The summed E-state index contributed by atoms with van der Waals surface area (Å²) in [5.41, 5.74) is 4.08. The number of aromatic nitrogens is 4. The Hall–Kier alpha value is -2.96. The number of nitrogen functional groups attached to an aromatic ring is 1. The summed E-state index contributed by atoms with van der Waals surface area (Å²) in [5, 5.41) is 26.4. The predicted octanol–water partition coefficient (Wildman–Crippen LogP) is 0.390. The SMILES string of the molecule is CCCCC/C=C\C/C=C\CCCC(=O)SCCNC(=O)CCNC(=O)[C@H](O)C(C)(C)COP(=O)([O-])OP(=O)([O-])OC[C@H]1O[C@@H](n2cnc3c(N)ncnc32)[C@H](O)[C@@H]1OP(=O)([O-])[O-]. The monoisotopic (exact) mass is 969 g/mol. The van der Waals surface area contributed by atoms with Gasteiger partial charge in [-0.1, -0.05) is 69.7 Å². The second-order valence-electron chi connectivity index (χ2n) is 14.8. The molecule has 3 heterocycles. The van der Waals surface area contributed by atoms with Gasteiger partial charge in [0.2, 0.25) is 11.8 Å². The van der Waals surface area contributed by atoms with Crippen LogP contribution in [-0.4, -0.2) is 103 Å². The van der Waals surface area contributed by atoms with E-state index in [0.717, 1.165) is 54.7 Å². The Bertz CT molecular complexity index is 2020. The van der Waals surface area contributed by atoms with Crippen molar-refractivity contribution in [1.82, 2.24) is 30.2 Å². The number of allylic oxidation sites excluding steroid dienone is 4. The van der Waals surface area contributed by atoms with Crippen molar-refractivity contribution < 1.29 is 80.5 Å². The van der Waals surface area contributed by atoms with Gasteiger partial charge in [0.05, 0.1) is 27.4 Å². The number of hydrogen-bond acceptors (Lipinski definition) is 22. The Morgan fingerprint density at radius 2 is 1.67 bits per heavy atom. The molecule has 6 N–H and O–H groups in total. The highest BCUT2D eigenvalue weighted by Gasteiger charge is 2.47. The molecule has 0 bridgehead atoms. The Labute approximate surface area is 368 Å². The standard InChI is InChI=1S/C35H58N7O17P3S/c1-4-5-6-7-8-9-10-11-12-13-14-15-26(44)63-19-18-37-25(43)16-17-38-33(47)30(46)35(2,3)21-56-62(53,54)59-61(51,52)55-20-24-29(58-60(48,49)50)28(45)34(57-24)42-23-41-27-31(36)39-22-40-32(27)42/h8-9,11-12,22-24,28-30,34,45-46H,4-7,10,13-21H2,1-3H3,(H,37,43)(H,38,47)(H,51,52)(H,53,54)(H2,36,39,40)(H2,48,49,50)/p-4/b9-8-,12-11-/t24-,28-,29-,30+,34-/m1/s1. The maximum Gasteiger partial charge on any atom is 0.274 e. The van der Waals surface area contributed by atoms with Gasteiger partial charge in [-0.15, -0.1) is 0 Å². The van der Waals surface area contributed by atoms with Crippen molar-refractivity contribution in [2.75, 3.05) is 37.8 Å². The first kappa shape index (κ1) is 54.4. The molecule has 1 fully saturated rings. The fourth-order valence-electron chi connectivity index (χ4n) is 5.73. The zero-order valence-corrected chi connectivity index (χ0v) is 38.4. The minimum atomic E-state index is -5.92. The lowest BCUT2D eigenvalue weighted by Crippen LogP contribution is -2.46. The minimum Gasteiger partial charge on any atom is -0.790 e. The number of hydrogen-bond donors (Lipinski definition) is 5. The third kappa shape index (κ3) is 19.2. The van der Waals surface area contributed by atoms with E-state index in [0.29, 0.717) is 12.2 Å². The highest BCUT2D eigenvalue weighted by atomic mass is 32.2. The van der Waals surface area contributed by atoms with Crippen molar-refractivity contribution in [2.45, 2.75) is 109 Å². The molecule has 356 valence electrons. The van der Waals surface area contributed by atoms with Crippen LogP contribution in [0, 0.1) is 5.41 Å². The second kappa shape index (κ2) is 25.7. The van der Waals surface area contributed by atoms with Crippen molar-refractivity contribution in [3.63, 3.8) is 0 Å². The van der Waals surface area contributed by atoms with Gasteiger partial charge < -0.3 is 69.0 Å². The molecular formula is C35H54N7O17P3S-4. The van der Waals surface area contributed by atoms with Gasteiger partial charge in [0.1, 0.15) is 36.3 Å². The van der Waals surface area contributed by atoms with E-state index in [4.69, 9.17) is 10.5 Å². The van der Waals surface area contributed by atoms with E-state index in [-0.39, 0.29) is 41.6 Å². The smallest absolute Gasteiger partial charge is 0.274 e. The molecule has 0 saturated carbocycles. The van der Waals surface area contributed by atoms with E-state index >= 15 is 0 Å². The molecule has 0 aromatic carbocycles. The molecule has 0 spiro atoms. The number of phosphoric acid groups is 3. The summed E-state index contributed by atoms with van der Waals surface area (Å²) >= 11 is 1.10. The van der Waals surface area contributed by atoms with E-state index in [1.54, 1.807) is 0 Å². The minimum absolute atomic E-state index is 0.00842. The van der Waals surface area contributed by atoms with Crippen LogP contribution < -0.4 is 35.9 Å². The van der Waals surface area contributed by atoms with Gasteiger partial charge in [0.15, 0.2) is 22.8 Å². The largest absolute Gasteiger partial charge is 0.790 e. The maximum atomic E-state index is 12.6. The van der Waals surface area contributed by atoms with Crippen molar-refractivity contribution >= 4 is 69.1 Å². The molecule has 1 aliphatic rings. The zero-order chi connectivity index (χ0) is 46.8. The molecule has 2 aromatic rings. The van der Waals surface area contributed by atoms with Crippen molar-refractivity contribution in [3.8, 4) is 0 Å². The van der Waals surface area contributed by atoms with E-state index < -0.39 is 84.6 Å². The molecule has 7 atom stereocenters. The van der Waals surface area contributed by atoms with Gasteiger partial charge in [-0.3, -0.25) is 28.1 Å². The van der Waals surface area contributed by atoms with Gasteiger partial charge in [-0.2, -0.15) is 0 Å². The summed E-state index contributed by atoms with van der Waals surface area (Å²) in [6, 6.07) is 0. The zero-order valence-electron chi connectivity index (χ0n) is 34.9. The number of amides is 2. The quantitative estimate of drug-likeness (QED) is 0.0418. The summed E-state index contributed by atoms with van der Waals surface area (Å²) in [6.45, 7) is 2.30. The third-order valence-electron chi connectivity index (χ3n) is 9.07. The third-order valence-corrected chi connectivity index (χ3v) is 13.0. The topological polar surface area (TPSA) is 375 Å². The number of ether oxygens (including phenoxy) is 1. The number of carbonyl (C=O) groups excluding carboxylic acids is 3. The molecule has 63 heavy (non-hydrogen) atoms. The number of thioether (sulfide) groups is 1. The number of fused-ring (bicyclic) bond motifs is 1. The number of imidazole rings is 1. The molecular weight excluding hydrogens is 915 g/mol. The Balaban J connectivity index is 1.37. The first-order valence-electron chi connectivity index (χ1n) is 19.8. The molecule has 24 nitrogen and oxygen atoms in total. The van der Waals surface area contributed by atoms with Crippen LogP contribution in [0.1, 0.15) is 84.8 Å². The number of aliphatic hydroxyl groups excluding tert-OH is 2. The van der Waals surface area contributed by atoms with Crippen LogP contribution in [0.25, 0.3) is 11.2 Å². The van der Waals surface area contributed by atoms with Gasteiger partial charge in [-0.25, -0.2) is 19.3 Å². The van der Waals surface area contributed by atoms with Gasteiger partial charge >= 0.3 is 0 Å². The second-order valence-corrected chi connectivity index (χ2v) is 20.0. The van der Waals surface area contributed by atoms with E-state index in [1.165, 1.54) is 33.1 Å². The number of nitrogens with two attached hydrogens (primary N) is 1. The number of rotatable bonds is 29. The molecule has 3 rings (SSSR count). The first-order valence-corrected chi connectivity index (χ1v) is 25.2. The van der Waals surface area contributed by atoms with Crippen LogP contribution in [0.3, 0.4) is 0 Å². The number of nitrogens with zero attached hydrogens (tertiary/aromatic N) is 4. The summed E-state index contributed by atoms with van der Waals surface area (Å²) < 4.78 is 60.7. The average molecular weight is 970 g/mol. The fraction of sp³-hybridized carbons (Fsp3) is 0.657. The molecule has 2 unspecified atom stereocenters. The summed E-state index contributed by atoms with van der Waals surface area (Å²) in [4.78, 5) is 96.5. The first-order chi connectivity index (χ1) is 29.6. The number of unbranched alkanes of at least 4 members (excludes halogenated alkanes) is 4. The number of anilines is 1. The van der Waals surface area contributed by atoms with Crippen molar-refractivity contribution in [1.29, 1.82) is 0 Å². The lowest BCUT2D eigenvalue weighted by molar-refractivity contribution is -0.347. The highest BCUT2D eigenvalue weighted by Crippen LogP contribution is 2.56. The Morgan fingerprint density at radius 3 is 2.35 bits per heavy atom. The summed E-state index contributed by atoms with van der Waals surface area (Å²) in [5.74, 6) is -1.18. The highest BCUT2D eigenvalue weighted by molar-refractivity contribution is 8.13. The van der Waals surface area contributed by atoms with Crippen LogP contribution in [0.15, 0.2) is 37.0 Å². The molecule has 2 aromatic heterocycles. The van der Waals surface area contributed by atoms with Crippen molar-refractivity contribution in [2.24, 2.45) is 5.41 Å². The number of phosphoric ester groups is 3. The van der Waals surface area contributed by atoms with Gasteiger partial charge in [0.25, 0.3) is 15.6 Å². The maximum absolute atomic E-state index is 12.6. The Morgan fingerprint density at radius 1 is 0.984 bits per heavy atom. The van der Waals surface area contributed by atoms with Crippen LogP contribution in [-0.2, 0) is 50.7 Å². The molecule has 0 aliphatic carbocycles. The van der Waals surface area contributed by atoms with Crippen LogP contribution in [0.5, 0.6) is 0 Å². The van der Waals surface area contributed by atoms with Crippen LogP contribution >= 0.6 is 35.2 Å². The summed E-state index contributed by atoms with van der Waals surface area (Å²) in [7, 11) is -17.6. The van der Waals surface area contributed by atoms with Gasteiger partial charge in [0, 0.05) is 37.1 Å². The van der Waals surface area contributed by atoms with E-state index in [9.17, 15) is 57.9 Å². The normalized spacial score (nSPS) is 20.8. The number of aliphatic hydroxyl groups is 2. The average Bonchev–Trinajstić information content (AvgIpc) is 3.76. The fourth-order valence-corrected chi connectivity index (χ4v) is 9.18. The van der Waals surface area contributed by atoms with Crippen LogP contribution in [0.4, 0.5) is 5.82 Å². The number of nitrogens with one attached hydrogen (secondary N) is 2. The van der Waals surface area contributed by atoms with E-state index in [1.807, 2.05) is 0 Å².